The van der Waals surface area contributed by atoms with Crippen LogP contribution in [0.25, 0.3) is 0 Å². The van der Waals surface area contributed by atoms with Gasteiger partial charge in [0.2, 0.25) is 11.8 Å². The van der Waals surface area contributed by atoms with E-state index in [1.54, 1.807) is 0 Å². The molecule has 0 aromatic heterocycles. The van der Waals surface area contributed by atoms with Crippen LogP contribution in [0.5, 0.6) is 5.75 Å². The third-order valence-corrected chi connectivity index (χ3v) is 8.72. The minimum absolute atomic E-state index is 0.0463. The average Bonchev–Trinajstić information content (AvgIpc) is 3.07. The van der Waals surface area contributed by atoms with Gasteiger partial charge < -0.3 is 25.6 Å². The van der Waals surface area contributed by atoms with Gasteiger partial charge in [0.15, 0.2) is 5.78 Å². The van der Waals surface area contributed by atoms with Crippen molar-refractivity contribution in [3.8, 4) is 5.75 Å². The summed E-state index contributed by atoms with van der Waals surface area (Å²) in [5.74, 6) is -4.21. The molecule has 0 saturated carbocycles. The van der Waals surface area contributed by atoms with E-state index in [0.29, 0.717) is 12.1 Å². The normalized spacial score (nSPS) is 11.5. The third kappa shape index (κ3) is 17.1. The maximum Gasteiger partial charge on any atom is 0.335 e. The predicted molar refractivity (Wildman–Crippen MR) is 193 cm³/mol. The molecular weight excluding hydrogens is 624 g/mol. The van der Waals surface area contributed by atoms with Crippen LogP contribution in [0.4, 0.5) is 11.4 Å². The minimum atomic E-state index is -1.17. The van der Waals surface area contributed by atoms with Gasteiger partial charge in [-0.3, -0.25) is 19.2 Å². The Labute approximate surface area is 291 Å². The molecule has 1 atom stereocenters. The number of aromatic carboxylic acids is 1. The highest BCUT2D eigenvalue weighted by Gasteiger charge is 2.21. The van der Waals surface area contributed by atoms with Gasteiger partial charge >= 0.3 is 11.9 Å². The van der Waals surface area contributed by atoms with Crippen molar-refractivity contribution in [2.24, 2.45) is 5.92 Å². The molecule has 2 aromatic carbocycles. The first-order valence-corrected chi connectivity index (χ1v) is 18.0. The first-order valence-electron chi connectivity index (χ1n) is 18.0. The molecule has 0 aliphatic carbocycles. The molecule has 0 aliphatic heterocycles. The number of Topliss-reactive ketones (excluding diaryl/α,β-unsaturated/α-hetero) is 1. The number of benzene rings is 2. The molecule has 2 aromatic rings. The Morgan fingerprint density at radius 1 is 0.653 bits per heavy atom. The maximum absolute atomic E-state index is 12.7. The number of ketones is 1. The Kier molecular flexibility index (Phi) is 20.1. The van der Waals surface area contributed by atoms with Gasteiger partial charge in [-0.15, -0.1) is 0 Å². The summed E-state index contributed by atoms with van der Waals surface area (Å²) in [7, 11) is 1.38. The maximum atomic E-state index is 12.7. The summed E-state index contributed by atoms with van der Waals surface area (Å²) in [5.41, 5.74) is 0.738. The predicted octanol–water partition coefficient (Wildman–Crippen LogP) is 9.29. The lowest BCUT2D eigenvalue weighted by Crippen LogP contribution is -2.22. The molecule has 0 aliphatic rings. The summed E-state index contributed by atoms with van der Waals surface area (Å²) in [5, 5.41) is 24.1. The molecule has 10 nitrogen and oxygen atoms in total. The van der Waals surface area contributed by atoms with Crippen LogP contribution in [0.2, 0.25) is 0 Å². The van der Waals surface area contributed by atoms with Gasteiger partial charge in [-0.05, 0) is 48.9 Å². The number of methoxy groups -OCH3 is 1. The van der Waals surface area contributed by atoms with Gasteiger partial charge in [0, 0.05) is 17.7 Å². The van der Waals surface area contributed by atoms with Crippen molar-refractivity contribution in [1.29, 1.82) is 0 Å². The standard InChI is InChI=1S/C39H56N2O8/c1-3-4-5-6-7-8-9-10-11-12-13-14-15-16-17-18-19-30(38(45)46)27-36(43)40-32-23-20-29(21-24-32)34(42)28-37(44)41-33-26-31(39(47)48)22-25-35(33)49-2/h20-26,30H,3-19,27-28H2,1-2H3,(H,40,43)(H,41,44)(H,45,46)(H,47,48). The summed E-state index contributed by atoms with van der Waals surface area (Å²) in [6.07, 6.45) is 19.8. The number of carboxylic acids is 2. The highest BCUT2D eigenvalue weighted by Crippen LogP contribution is 2.26. The highest BCUT2D eigenvalue weighted by atomic mass is 16.5. The number of amides is 2. The van der Waals surface area contributed by atoms with Crippen LogP contribution < -0.4 is 15.4 Å². The van der Waals surface area contributed by atoms with Crippen molar-refractivity contribution in [3.05, 3.63) is 53.6 Å². The Morgan fingerprint density at radius 2 is 1.16 bits per heavy atom. The number of ether oxygens (including phenoxy) is 1. The lowest BCUT2D eigenvalue weighted by atomic mass is 9.96. The molecule has 270 valence electrons. The van der Waals surface area contributed by atoms with Gasteiger partial charge in [-0.2, -0.15) is 0 Å². The molecule has 49 heavy (non-hydrogen) atoms. The molecule has 4 N–H and O–H groups in total. The van der Waals surface area contributed by atoms with Crippen molar-refractivity contribution in [3.63, 3.8) is 0 Å². The number of carbonyl (C=O) groups excluding carboxylic acids is 3. The summed E-state index contributed by atoms with van der Waals surface area (Å²) in [6, 6.07) is 9.99. The van der Waals surface area contributed by atoms with E-state index in [1.165, 1.54) is 127 Å². The molecule has 0 heterocycles. The molecule has 0 bridgehead atoms. The highest BCUT2D eigenvalue weighted by molar-refractivity contribution is 6.11. The minimum Gasteiger partial charge on any atom is -0.495 e. The van der Waals surface area contributed by atoms with E-state index in [0.717, 1.165) is 25.7 Å². The van der Waals surface area contributed by atoms with E-state index in [9.17, 15) is 34.2 Å². The third-order valence-electron chi connectivity index (χ3n) is 8.72. The van der Waals surface area contributed by atoms with Crippen molar-refractivity contribution >= 4 is 40.9 Å². The van der Waals surface area contributed by atoms with Gasteiger partial charge in [0.25, 0.3) is 0 Å². The van der Waals surface area contributed by atoms with Gasteiger partial charge in [0.1, 0.15) is 5.75 Å². The fraction of sp³-hybridized carbons (Fsp3) is 0.564. The number of hydrogen-bond acceptors (Lipinski definition) is 6. The molecule has 0 spiro atoms. The number of carbonyl (C=O) groups is 5. The number of anilines is 2. The van der Waals surface area contributed by atoms with Crippen LogP contribution in [0.15, 0.2) is 42.5 Å². The van der Waals surface area contributed by atoms with Crippen molar-refractivity contribution < 1.29 is 38.9 Å². The second-order valence-electron chi connectivity index (χ2n) is 12.8. The van der Waals surface area contributed by atoms with Crippen molar-refractivity contribution in [2.45, 2.75) is 129 Å². The first-order chi connectivity index (χ1) is 23.6. The SMILES string of the molecule is CCCCCCCCCCCCCCCCCCC(CC(=O)Nc1ccc(C(=O)CC(=O)Nc2cc(C(=O)O)ccc2OC)cc1)C(=O)O. The summed E-state index contributed by atoms with van der Waals surface area (Å²) in [4.78, 5) is 60.9. The van der Waals surface area contributed by atoms with Crippen LogP contribution in [0.1, 0.15) is 150 Å². The number of hydrogen-bond donors (Lipinski definition) is 4. The van der Waals surface area contributed by atoms with E-state index >= 15 is 0 Å². The lowest BCUT2D eigenvalue weighted by molar-refractivity contribution is -0.143. The lowest BCUT2D eigenvalue weighted by Gasteiger charge is -2.13. The molecule has 1 unspecified atom stereocenters. The second-order valence-corrected chi connectivity index (χ2v) is 12.8. The van der Waals surface area contributed by atoms with Crippen molar-refractivity contribution in [2.75, 3.05) is 17.7 Å². The van der Waals surface area contributed by atoms with Crippen LogP contribution >= 0.6 is 0 Å². The zero-order valence-electron chi connectivity index (χ0n) is 29.4. The quantitative estimate of drug-likeness (QED) is 0.0413. The van der Waals surface area contributed by atoms with E-state index in [1.807, 2.05) is 0 Å². The van der Waals surface area contributed by atoms with Gasteiger partial charge in [-0.25, -0.2) is 4.79 Å². The zero-order chi connectivity index (χ0) is 35.9. The molecule has 0 fully saturated rings. The van der Waals surface area contributed by atoms with E-state index < -0.39 is 41.9 Å². The number of nitrogens with one attached hydrogen (secondary N) is 2. The van der Waals surface area contributed by atoms with E-state index in [2.05, 4.69) is 17.6 Å². The number of carboxylic acid groups (broad SMARTS) is 2. The number of unbranched alkanes of at least 4 members (excludes halogenated alkanes) is 15. The van der Waals surface area contributed by atoms with Crippen molar-refractivity contribution in [1.82, 2.24) is 0 Å². The largest absolute Gasteiger partial charge is 0.495 e. The second kappa shape index (κ2) is 24.0. The fourth-order valence-corrected chi connectivity index (χ4v) is 5.81. The Hall–Kier alpha value is -4.21. The van der Waals surface area contributed by atoms with Crippen LogP contribution in [0.3, 0.4) is 0 Å². The molecular formula is C39H56N2O8. The van der Waals surface area contributed by atoms with Gasteiger partial charge in [0.05, 0.1) is 30.7 Å². The monoisotopic (exact) mass is 680 g/mol. The molecule has 0 radical (unpaired) electrons. The topological polar surface area (TPSA) is 159 Å². The van der Waals surface area contributed by atoms with Crippen LogP contribution in [-0.2, 0) is 14.4 Å². The number of aliphatic carboxylic acids is 1. The fourth-order valence-electron chi connectivity index (χ4n) is 5.81. The van der Waals surface area contributed by atoms with Crippen LogP contribution in [-0.4, -0.2) is 46.9 Å². The van der Waals surface area contributed by atoms with Gasteiger partial charge in [-0.1, -0.05) is 110 Å². The van der Waals surface area contributed by atoms with E-state index in [4.69, 9.17) is 4.74 Å². The first kappa shape index (κ1) is 41.0. The van der Waals surface area contributed by atoms with E-state index in [-0.39, 0.29) is 29.0 Å². The van der Waals surface area contributed by atoms with Crippen LogP contribution in [0, 0.1) is 5.92 Å². The smallest absolute Gasteiger partial charge is 0.335 e. The number of rotatable bonds is 27. The summed E-state index contributed by atoms with van der Waals surface area (Å²) >= 11 is 0. The molecule has 2 rings (SSSR count). The summed E-state index contributed by atoms with van der Waals surface area (Å²) in [6.45, 7) is 2.25. The molecule has 10 heteroatoms. The Morgan fingerprint density at radius 3 is 1.65 bits per heavy atom. The average molecular weight is 681 g/mol. The molecule has 0 saturated heterocycles. The zero-order valence-corrected chi connectivity index (χ0v) is 29.4. The Bertz CT molecular complexity index is 1320. The molecule has 2 amide bonds. The Balaban J connectivity index is 1.64. The summed E-state index contributed by atoms with van der Waals surface area (Å²) < 4.78 is 5.16.